The Balaban J connectivity index is 1.95. The van der Waals surface area contributed by atoms with Gasteiger partial charge in [-0.1, -0.05) is 12.1 Å². The lowest BCUT2D eigenvalue weighted by molar-refractivity contribution is 0.0940. The predicted molar refractivity (Wildman–Crippen MR) is 72.4 cm³/mol. The van der Waals surface area contributed by atoms with Gasteiger partial charge in [-0.05, 0) is 46.4 Å². The lowest BCUT2D eigenvalue weighted by atomic mass is 10.2. The molecule has 1 N–H and O–H groups in total. The summed E-state index contributed by atoms with van der Waals surface area (Å²) < 4.78 is 1.17. The number of nitrogens with one attached hydrogen (secondary N) is 1. The van der Waals surface area contributed by atoms with Crippen LogP contribution in [0.5, 0.6) is 0 Å². The van der Waals surface area contributed by atoms with E-state index in [4.69, 9.17) is 0 Å². The van der Waals surface area contributed by atoms with E-state index >= 15 is 0 Å². The van der Waals surface area contributed by atoms with Gasteiger partial charge in [-0.2, -0.15) is 0 Å². The molecule has 0 aliphatic carbocycles. The maximum Gasteiger partial charge on any atom is 0.289 e. The van der Waals surface area contributed by atoms with Crippen LogP contribution in [0.25, 0.3) is 0 Å². The van der Waals surface area contributed by atoms with Gasteiger partial charge in [-0.25, -0.2) is 9.97 Å². The Morgan fingerprint density at radius 2 is 1.82 bits per heavy atom. The van der Waals surface area contributed by atoms with E-state index in [0.29, 0.717) is 6.54 Å². The molecule has 0 aliphatic rings. The number of hydrogen-bond acceptors (Lipinski definition) is 3. The van der Waals surface area contributed by atoms with E-state index in [2.05, 4.69) is 37.9 Å². The van der Waals surface area contributed by atoms with Crippen LogP contribution in [0.2, 0.25) is 0 Å². The largest absolute Gasteiger partial charge is 0.345 e. The monoisotopic (exact) mass is 339 g/mol. The van der Waals surface area contributed by atoms with Gasteiger partial charge in [-0.3, -0.25) is 4.79 Å². The average molecular weight is 339 g/mol. The van der Waals surface area contributed by atoms with Crippen molar-refractivity contribution < 1.29 is 4.79 Å². The maximum atomic E-state index is 11.6. The number of benzene rings is 1. The van der Waals surface area contributed by atoms with E-state index in [1.165, 1.54) is 3.57 Å². The molecule has 5 heteroatoms. The number of nitrogens with zero attached hydrogens (tertiary/aromatic N) is 2. The second-order valence-electron chi connectivity index (χ2n) is 3.38. The fraction of sp³-hybridized carbons (Fsp3) is 0.0833. The van der Waals surface area contributed by atoms with Crippen LogP contribution < -0.4 is 5.32 Å². The highest BCUT2D eigenvalue weighted by Gasteiger charge is 2.06. The molecule has 1 heterocycles. The number of amides is 1. The van der Waals surface area contributed by atoms with E-state index in [0.717, 1.165) is 5.56 Å². The van der Waals surface area contributed by atoms with Gasteiger partial charge >= 0.3 is 0 Å². The topological polar surface area (TPSA) is 54.9 Å². The molecule has 0 saturated carbocycles. The zero-order valence-corrected chi connectivity index (χ0v) is 11.1. The predicted octanol–water partition coefficient (Wildman–Crippen LogP) is 2.01. The molecule has 2 aromatic rings. The molecular formula is C12H10IN3O. The van der Waals surface area contributed by atoms with Crippen LogP contribution in [-0.2, 0) is 6.54 Å². The molecule has 0 bridgehead atoms. The van der Waals surface area contributed by atoms with E-state index in [9.17, 15) is 4.79 Å². The highest BCUT2D eigenvalue weighted by atomic mass is 127. The molecule has 1 amide bonds. The number of aromatic nitrogens is 2. The third-order valence-corrected chi connectivity index (χ3v) is 2.85. The van der Waals surface area contributed by atoms with Crippen LogP contribution >= 0.6 is 22.6 Å². The zero-order valence-electron chi connectivity index (χ0n) is 8.93. The van der Waals surface area contributed by atoms with Crippen molar-refractivity contribution in [2.75, 3.05) is 0 Å². The van der Waals surface area contributed by atoms with Gasteiger partial charge < -0.3 is 5.32 Å². The molecule has 2 rings (SSSR count). The Kier molecular flexibility index (Phi) is 4.03. The third-order valence-electron chi connectivity index (χ3n) is 2.14. The Morgan fingerprint density at radius 3 is 2.47 bits per heavy atom. The number of carbonyl (C=O) groups is 1. The number of carbonyl (C=O) groups excluding carboxylic acids is 1. The molecule has 4 nitrogen and oxygen atoms in total. The third kappa shape index (κ3) is 3.48. The molecule has 17 heavy (non-hydrogen) atoms. The molecule has 86 valence electrons. The van der Waals surface area contributed by atoms with Crippen LogP contribution in [0, 0.1) is 3.57 Å². The lowest BCUT2D eigenvalue weighted by Crippen LogP contribution is -2.24. The van der Waals surface area contributed by atoms with Crippen molar-refractivity contribution in [3.05, 3.63) is 57.7 Å². The average Bonchev–Trinajstić information content (AvgIpc) is 2.39. The van der Waals surface area contributed by atoms with Gasteiger partial charge in [0.2, 0.25) is 5.82 Å². The lowest BCUT2D eigenvalue weighted by Gasteiger charge is -2.04. The molecular weight excluding hydrogens is 329 g/mol. The molecule has 0 fully saturated rings. The van der Waals surface area contributed by atoms with Crippen molar-refractivity contribution in [2.24, 2.45) is 0 Å². The first-order valence-electron chi connectivity index (χ1n) is 5.05. The van der Waals surface area contributed by atoms with Crippen molar-refractivity contribution in [3.8, 4) is 0 Å². The summed E-state index contributed by atoms with van der Waals surface area (Å²) in [5.41, 5.74) is 1.05. The maximum absolute atomic E-state index is 11.6. The minimum Gasteiger partial charge on any atom is -0.345 e. The molecule has 0 atom stereocenters. The zero-order chi connectivity index (χ0) is 12.1. The Labute approximate surface area is 113 Å². The van der Waals surface area contributed by atoms with Crippen molar-refractivity contribution >= 4 is 28.5 Å². The summed E-state index contributed by atoms with van der Waals surface area (Å²) in [5, 5.41) is 2.77. The molecule has 0 spiro atoms. The van der Waals surface area contributed by atoms with Gasteiger partial charge in [0.25, 0.3) is 5.91 Å². The number of halogens is 1. The standard InChI is InChI=1S/C12H10IN3O/c13-10-4-2-9(3-5-10)8-16-12(17)11-14-6-1-7-15-11/h1-7H,8H2,(H,16,17). The summed E-state index contributed by atoms with van der Waals surface area (Å²) >= 11 is 2.24. The Morgan fingerprint density at radius 1 is 1.18 bits per heavy atom. The van der Waals surface area contributed by atoms with E-state index in [1.54, 1.807) is 18.5 Å². The summed E-state index contributed by atoms with van der Waals surface area (Å²) in [6, 6.07) is 9.64. The molecule has 1 aromatic carbocycles. The number of rotatable bonds is 3. The van der Waals surface area contributed by atoms with Crippen molar-refractivity contribution in [1.82, 2.24) is 15.3 Å². The van der Waals surface area contributed by atoms with Gasteiger partial charge in [0, 0.05) is 22.5 Å². The van der Waals surface area contributed by atoms with Gasteiger partial charge in [0.05, 0.1) is 0 Å². The molecule has 1 aromatic heterocycles. The SMILES string of the molecule is O=C(NCc1ccc(I)cc1)c1ncccn1. The normalized spacial score (nSPS) is 9.94. The second kappa shape index (κ2) is 5.72. The summed E-state index contributed by atoms with van der Waals surface area (Å²) in [6.45, 7) is 0.480. The molecule has 0 saturated heterocycles. The minimum absolute atomic E-state index is 0.193. The van der Waals surface area contributed by atoms with Crippen LogP contribution in [0.15, 0.2) is 42.7 Å². The van der Waals surface area contributed by atoms with Crippen LogP contribution in [0.1, 0.15) is 16.2 Å². The molecule has 0 radical (unpaired) electrons. The van der Waals surface area contributed by atoms with Crippen LogP contribution in [0.4, 0.5) is 0 Å². The number of hydrogen-bond donors (Lipinski definition) is 1. The summed E-state index contributed by atoms with van der Waals surface area (Å²) in [7, 11) is 0. The summed E-state index contributed by atoms with van der Waals surface area (Å²) in [6.07, 6.45) is 3.10. The Hall–Kier alpha value is -1.50. The first-order valence-corrected chi connectivity index (χ1v) is 6.13. The first-order chi connectivity index (χ1) is 8.25. The highest BCUT2D eigenvalue weighted by molar-refractivity contribution is 14.1. The highest BCUT2D eigenvalue weighted by Crippen LogP contribution is 2.06. The second-order valence-corrected chi connectivity index (χ2v) is 4.63. The van der Waals surface area contributed by atoms with Gasteiger partial charge in [0.15, 0.2) is 0 Å². The first kappa shape index (κ1) is 12.0. The van der Waals surface area contributed by atoms with Crippen LogP contribution in [-0.4, -0.2) is 15.9 Å². The summed E-state index contributed by atoms with van der Waals surface area (Å²) in [5.74, 6) is -0.0674. The molecule has 0 unspecified atom stereocenters. The smallest absolute Gasteiger partial charge is 0.289 e. The van der Waals surface area contributed by atoms with Gasteiger partial charge in [0.1, 0.15) is 0 Å². The Bertz CT molecular complexity index is 499. The quantitative estimate of drug-likeness (QED) is 0.871. The van der Waals surface area contributed by atoms with E-state index in [1.807, 2.05) is 24.3 Å². The fourth-order valence-electron chi connectivity index (χ4n) is 1.28. The fourth-order valence-corrected chi connectivity index (χ4v) is 1.64. The van der Waals surface area contributed by atoms with Crippen molar-refractivity contribution in [2.45, 2.75) is 6.54 Å². The summed E-state index contributed by atoms with van der Waals surface area (Å²) in [4.78, 5) is 19.4. The molecule has 0 aliphatic heterocycles. The van der Waals surface area contributed by atoms with Gasteiger partial charge in [-0.15, -0.1) is 0 Å². The van der Waals surface area contributed by atoms with Crippen molar-refractivity contribution in [1.29, 1.82) is 0 Å². The van der Waals surface area contributed by atoms with Crippen LogP contribution in [0.3, 0.4) is 0 Å². The van der Waals surface area contributed by atoms with E-state index < -0.39 is 0 Å². The van der Waals surface area contributed by atoms with Crippen molar-refractivity contribution in [3.63, 3.8) is 0 Å². The minimum atomic E-state index is -0.260. The van der Waals surface area contributed by atoms with E-state index in [-0.39, 0.29) is 11.7 Å².